The topological polar surface area (TPSA) is 51.2 Å². The van der Waals surface area contributed by atoms with Crippen molar-refractivity contribution in [1.82, 2.24) is 10.3 Å². The maximum atomic E-state index is 13.2. The van der Waals surface area contributed by atoms with Crippen molar-refractivity contribution < 1.29 is 13.9 Å². The maximum absolute atomic E-state index is 13.2. The molecule has 0 saturated carbocycles. The van der Waals surface area contributed by atoms with Gasteiger partial charge in [0.2, 0.25) is 5.91 Å². The number of pyridine rings is 1. The minimum absolute atomic E-state index is 0.0309. The van der Waals surface area contributed by atoms with E-state index in [1.165, 1.54) is 12.1 Å². The van der Waals surface area contributed by atoms with Gasteiger partial charge in [-0.2, -0.15) is 0 Å². The van der Waals surface area contributed by atoms with Crippen molar-refractivity contribution in [1.29, 1.82) is 0 Å². The summed E-state index contributed by atoms with van der Waals surface area (Å²) in [6, 6.07) is 9.84. The number of aromatic nitrogens is 1. The monoisotopic (exact) mass is 328 g/mol. The highest BCUT2D eigenvalue weighted by molar-refractivity contribution is 5.76. The van der Waals surface area contributed by atoms with E-state index in [1.807, 2.05) is 12.1 Å². The number of aryl methyl sites for hydroxylation is 1. The molecule has 0 aliphatic carbocycles. The third-order valence-electron chi connectivity index (χ3n) is 4.27. The molecule has 0 radical (unpaired) electrons. The van der Waals surface area contributed by atoms with E-state index in [1.54, 1.807) is 24.5 Å². The number of carbonyl (C=O) groups is 1. The summed E-state index contributed by atoms with van der Waals surface area (Å²) in [6.45, 7) is 0.704. The first-order chi connectivity index (χ1) is 11.7. The summed E-state index contributed by atoms with van der Waals surface area (Å²) in [5, 5.41) is 3.06. The SMILES string of the molecule is O=C(CCc1ccncc1)N[C@H](c1ccc(F)cc1)[C@@H]1CCCO1. The fourth-order valence-corrected chi connectivity index (χ4v) is 2.98. The number of amides is 1. The number of hydrogen-bond donors (Lipinski definition) is 1. The molecular formula is C19H21FN2O2. The Morgan fingerprint density at radius 2 is 2.00 bits per heavy atom. The first-order valence-corrected chi connectivity index (χ1v) is 8.28. The van der Waals surface area contributed by atoms with Crippen LogP contribution in [0.25, 0.3) is 0 Å². The zero-order chi connectivity index (χ0) is 16.8. The van der Waals surface area contributed by atoms with Gasteiger partial charge in [0.1, 0.15) is 5.82 Å². The van der Waals surface area contributed by atoms with Gasteiger partial charge >= 0.3 is 0 Å². The van der Waals surface area contributed by atoms with Gasteiger partial charge in [-0.1, -0.05) is 12.1 Å². The van der Waals surface area contributed by atoms with Crippen molar-refractivity contribution in [2.45, 2.75) is 37.8 Å². The molecule has 1 aromatic heterocycles. The number of carbonyl (C=O) groups excluding carboxylic acids is 1. The van der Waals surface area contributed by atoms with Gasteiger partial charge in [0.15, 0.2) is 0 Å². The van der Waals surface area contributed by atoms with Crippen LogP contribution in [0.2, 0.25) is 0 Å². The molecule has 1 N–H and O–H groups in total. The lowest BCUT2D eigenvalue weighted by molar-refractivity contribution is -0.122. The standard InChI is InChI=1S/C19H21FN2O2/c20-16-6-4-15(5-7-16)19(17-2-1-13-24-17)22-18(23)8-3-14-9-11-21-12-10-14/h4-7,9-12,17,19H,1-3,8,13H2,(H,22,23)/t17-,19+/m0/s1. The van der Waals surface area contributed by atoms with Crippen molar-refractivity contribution in [2.75, 3.05) is 6.61 Å². The maximum Gasteiger partial charge on any atom is 0.220 e. The molecular weight excluding hydrogens is 307 g/mol. The fraction of sp³-hybridized carbons (Fsp3) is 0.368. The van der Waals surface area contributed by atoms with E-state index in [-0.39, 0.29) is 23.9 Å². The minimum atomic E-state index is -0.283. The molecule has 24 heavy (non-hydrogen) atoms. The van der Waals surface area contributed by atoms with Gasteiger partial charge in [0.05, 0.1) is 12.1 Å². The number of halogens is 1. The quantitative estimate of drug-likeness (QED) is 0.886. The Bertz CT molecular complexity index is 655. The van der Waals surface area contributed by atoms with Crippen molar-refractivity contribution in [3.63, 3.8) is 0 Å². The van der Waals surface area contributed by atoms with Crippen LogP contribution in [0, 0.1) is 5.82 Å². The van der Waals surface area contributed by atoms with Crippen LogP contribution in [0.5, 0.6) is 0 Å². The number of benzene rings is 1. The average molecular weight is 328 g/mol. The summed E-state index contributed by atoms with van der Waals surface area (Å²) >= 11 is 0. The number of hydrogen-bond acceptors (Lipinski definition) is 3. The molecule has 1 amide bonds. The van der Waals surface area contributed by atoms with E-state index in [9.17, 15) is 9.18 Å². The van der Waals surface area contributed by atoms with Crippen LogP contribution in [0.15, 0.2) is 48.8 Å². The lowest BCUT2D eigenvalue weighted by Gasteiger charge is -2.25. The summed E-state index contributed by atoms with van der Waals surface area (Å²) in [4.78, 5) is 16.3. The Balaban J connectivity index is 1.64. The molecule has 4 nitrogen and oxygen atoms in total. The van der Waals surface area contributed by atoms with E-state index in [2.05, 4.69) is 10.3 Å². The van der Waals surface area contributed by atoms with Crippen LogP contribution < -0.4 is 5.32 Å². The Hall–Kier alpha value is -2.27. The Morgan fingerprint density at radius 1 is 1.25 bits per heavy atom. The predicted octanol–water partition coefficient (Wildman–Crippen LogP) is 3.19. The third-order valence-corrected chi connectivity index (χ3v) is 4.27. The molecule has 1 aliphatic rings. The molecule has 1 fully saturated rings. The van der Waals surface area contributed by atoms with Crippen molar-refractivity contribution in [3.8, 4) is 0 Å². The van der Waals surface area contributed by atoms with Gasteiger partial charge in [-0.15, -0.1) is 0 Å². The first kappa shape index (κ1) is 16.6. The number of nitrogens with one attached hydrogen (secondary N) is 1. The van der Waals surface area contributed by atoms with Crippen LogP contribution in [-0.4, -0.2) is 23.6 Å². The van der Waals surface area contributed by atoms with Crippen LogP contribution >= 0.6 is 0 Å². The molecule has 0 unspecified atom stereocenters. The smallest absolute Gasteiger partial charge is 0.220 e. The summed E-state index contributed by atoms with van der Waals surface area (Å²) in [7, 11) is 0. The summed E-state index contributed by atoms with van der Waals surface area (Å²) < 4.78 is 18.9. The minimum Gasteiger partial charge on any atom is -0.376 e. The number of nitrogens with zero attached hydrogens (tertiary/aromatic N) is 1. The summed E-state index contributed by atoms with van der Waals surface area (Å²) in [5.74, 6) is -0.314. The molecule has 2 heterocycles. The molecule has 0 spiro atoms. The normalized spacial score (nSPS) is 18.3. The van der Waals surface area contributed by atoms with E-state index in [4.69, 9.17) is 4.74 Å². The Morgan fingerprint density at radius 3 is 2.67 bits per heavy atom. The van der Waals surface area contributed by atoms with Gasteiger partial charge in [-0.3, -0.25) is 9.78 Å². The third kappa shape index (κ3) is 4.38. The molecule has 3 rings (SSSR count). The van der Waals surface area contributed by atoms with Gasteiger partial charge < -0.3 is 10.1 Å². The highest BCUT2D eigenvalue weighted by atomic mass is 19.1. The van der Waals surface area contributed by atoms with Gasteiger partial charge in [0, 0.05) is 25.4 Å². The highest BCUT2D eigenvalue weighted by Crippen LogP contribution is 2.27. The van der Waals surface area contributed by atoms with Crippen molar-refractivity contribution in [2.24, 2.45) is 0 Å². The van der Waals surface area contributed by atoms with Crippen molar-refractivity contribution in [3.05, 3.63) is 65.7 Å². The zero-order valence-corrected chi connectivity index (χ0v) is 13.5. The van der Waals surface area contributed by atoms with Gasteiger partial charge in [-0.05, 0) is 54.7 Å². The molecule has 1 saturated heterocycles. The molecule has 5 heteroatoms. The second-order valence-corrected chi connectivity index (χ2v) is 6.00. The molecule has 0 bridgehead atoms. The highest BCUT2D eigenvalue weighted by Gasteiger charge is 2.28. The Labute approximate surface area is 141 Å². The summed E-state index contributed by atoms with van der Waals surface area (Å²) in [5.41, 5.74) is 1.95. The second-order valence-electron chi connectivity index (χ2n) is 6.00. The van der Waals surface area contributed by atoms with Gasteiger partial charge in [-0.25, -0.2) is 4.39 Å². The number of ether oxygens (including phenoxy) is 1. The van der Waals surface area contributed by atoms with E-state index >= 15 is 0 Å². The summed E-state index contributed by atoms with van der Waals surface area (Å²) in [6.07, 6.45) is 6.33. The largest absolute Gasteiger partial charge is 0.376 e. The predicted molar refractivity (Wildman–Crippen MR) is 88.8 cm³/mol. The second kappa shape index (κ2) is 8.02. The van der Waals surface area contributed by atoms with E-state index in [0.717, 1.165) is 24.0 Å². The molecule has 2 atom stereocenters. The van der Waals surface area contributed by atoms with Crippen molar-refractivity contribution >= 4 is 5.91 Å². The van der Waals surface area contributed by atoms with Gasteiger partial charge in [0.25, 0.3) is 0 Å². The van der Waals surface area contributed by atoms with Crippen LogP contribution in [0.3, 0.4) is 0 Å². The Kier molecular flexibility index (Phi) is 5.54. The number of rotatable bonds is 6. The lowest BCUT2D eigenvalue weighted by Crippen LogP contribution is -2.36. The van der Waals surface area contributed by atoms with Crippen LogP contribution in [0.1, 0.15) is 36.4 Å². The van der Waals surface area contributed by atoms with E-state index in [0.29, 0.717) is 19.4 Å². The molecule has 1 aromatic carbocycles. The first-order valence-electron chi connectivity index (χ1n) is 8.28. The zero-order valence-electron chi connectivity index (χ0n) is 13.5. The van der Waals surface area contributed by atoms with Crippen LogP contribution in [-0.2, 0) is 16.0 Å². The lowest BCUT2D eigenvalue weighted by atomic mass is 9.98. The van der Waals surface area contributed by atoms with E-state index < -0.39 is 0 Å². The van der Waals surface area contributed by atoms with Crippen LogP contribution in [0.4, 0.5) is 4.39 Å². The molecule has 2 aromatic rings. The average Bonchev–Trinajstić information content (AvgIpc) is 3.14. The molecule has 126 valence electrons. The fourth-order valence-electron chi connectivity index (χ4n) is 2.98. The molecule has 1 aliphatic heterocycles.